The molecule has 3 atom stereocenters. The third-order valence-electron chi connectivity index (χ3n) is 5.19. The van der Waals surface area contributed by atoms with E-state index in [1.54, 1.807) is 11.0 Å². The summed E-state index contributed by atoms with van der Waals surface area (Å²) >= 11 is 0. The van der Waals surface area contributed by atoms with Crippen molar-refractivity contribution in [2.45, 2.75) is 18.9 Å². The zero-order valence-corrected chi connectivity index (χ0v) is 15.8. The summed E-state index contributed by atoms with van der Waals surface area (Å²) in [6.45, 7) is 3.98. The van der Waals surface area contributed by atoms with Gasteiger partial charge in [0.2, 0.25) is 0 Å². The standard InChI is InChI=1S/C20H20N2O.C2H2O4/c23-20-10-4-9-19-18-12-17(14-22(19)20)13-21(15-18)11-5-8-16-6-2-1-3-7-16;3-1(4)2(5)6/h1-4,6-7,9-10,17-18H,11-15H2;(H,3,4)(H,5,6)/t17?,18-;/m0./s1. The van der Waals surface area contributed by atoms with E-state index < -0.39 is 11.9 Å². The van der Waals surface area contributed by atoms with E-state index in [9.17, 15) is 4.79 Å². The van der Waals surface area contributed by atoms with Crippen molar-refractivity contribution < 1.29 is 24.7 Å². The molecule has 1 saturated heterocycles. The third kappa shape index (κ3) is 5.33. The predicted molar refractivity (Wildman–Crippen MR) is 103 cm³/mol. The molecule has 0 amide bonds. The SMILES string of the molecule is O=C([O-])C(=O)O.O=c1cccc2n1CC1C[C@H]2C[NH+](CC#Cc2ccccc2)C1. The number of aromatic nitrogens is 1. The first-order chi connectivity index (χ1) is 13.9. The average Bonchev–Trinajstić information content (AvgIpc) is 2.70. The number of likely N-dealkylation sites (tertiary alicyclic amines) is 1. The van der Waals surface area contributed by atoms with Gasteiger partial charge in [0.15, 0.2) is 5.97 Å². The van der Waals surface area contributed by atoms with Gasteiger partial charge in [-0.25, -0.2) is 4.79 Å². The number of nitrogens with one attached hydrogen (secondary N) is 1. The van der Waals surface area contributed by atoms with Crippen LogP contribution in [0.2, 0.25) is 0 Å². The van der Waals surface area contributed by atoms with Crippen LogP contribution in [0.5, 0.6) is 0 Å². The van der Waals surface area contributed by atoms with Gasteiger partial charge in [-0.15, -0.1) is 0 Å². The second kappa shape index (κ2) is 9.22. The molecule has 3 heterocycles. The Morgan fingerprint density at radius 3 is 2.55 bits per heavy atom. The lowest BCUT2D eigenvalue weighted by molar-refractivity contribution is -0.903. The van der Waals surface area contributed by atoms with Gasteiger partial charge in [0.1, 0.15) is 6.54 Å². The molecular formula is C22H22N2O5. The number of aliphatic carboxylic acids is 2. The summed E-state index contributed by atoms with van der Waals surface area (Å²) in [6, 6.07) is 15.9. The maximum absolute atomic E-state index is 12.0. The molecule has 0 spiro atoms. The Hall–Kier alpha value is -3.37. The molecule has 2 N–H and O–H groups in total. The largest absolute Gasteiger partial charge is 0.539 e. The third-order valence-corrected chi connectivity index (χ3v) is 5.19. The first-order valence-electron chi connectivity index (χ1n) is 9.45. The molecule has 4 rings (SSSR count). The molecule has 2 bridgehead atoms. The minimum atomic E-state index is -2.07. The van der Waals surface area contributed by atoms with E-state index in [2.05, 4.69) is 30.0 Å². The summed E-state index contributed by atoms with van der Waals surface area (Å²) in [6.07, 6.45) is 1.22. The fraction of sp³-hybridized carbons (Fsp3) is 0.318. The van der Waals surface area contributed by atoms with Crippen LogP contribution in [0.3, 0.4) is 0 Å². The molecule has 2 unspecified atom stereocenters. The summed E-state index contributed by atoms with van der Waals surface area (Å²) in [5.41, 5.74) is 2.47. The molecule has 7 nitrogen and oxygen atoms in total. The zero-order valence-electron chi connectivity index (χ0n) is 15.8. The summed E-state index contributed by atoms with van der Waals surface area (Å²) in [5.74, 6) is 3.70. The van der Waals surface area contributed by atoms with E-state index in [0.29, 0.717) is 11.8 Å². The van der Waals surface area contributed by atoms with Crippen LogP contribution in [-0.2, 0) is 16.1 Å². The molecule has 0 saturated carbocycles. The number of carbonyl (C=O) groups is 2. The fourth-order valence-electron chi connectivity index (χ4n) is 4.06. The number of hydrogen-bond donors (Lipinski definition) is 2. The number of pyridine rings is 1. The van der Waals surface area contributed by atoms with Crippen molar-refractivity contribution in [3.8, 4) is 11.8 Å². The molecule has 1 aromatic carbocycles. The number of carboxylic acid groups (broad SMARTS) is 2. The predicted octanol–water partition coefficient (Wildman–Crippen LogP) is -1.28. The van der Waals surface area contributed by atoms with Crippen molar-refractivity contribution in [1.82, 2.24) is 4.57 Å². The van der Waals surface area contributed by atoms with Crippen LogP contribution in [0, 0.1) is 17.8 Å². The van der Waals surface area contributed by atoms with Crippen molar-refractivity contribution in [1.29, 1.82) is 0 Å². The van der Waals surface area contributed by atoms with Crippen LogP contribution in [0.25, 0.3) is 0 Å². The molecular weight excluding hydrogens is 372 g/mol. The fourth-order valence-corrected chi connectivity index (χ4v) is 4.06. The van der Waals surface area contributed by atoms with Gasteiger partial charge in [-0.1, -0.05) is 30.2 Å². The summed E-state index contributed by atoms with van der Waals surface area (Å²) in [4.78, 5) is 31.6. The molecule has 1 fully saturated rings. The van der Waals surface area contributed by atoms with Crippen LogP contribution in [0.15, 0.2) is 53.3 Å². The second-order valence-corrected chi connectivity index (χ2v) is 7.29. The van der Waals surface area contributed by atoms with Gasteiger partial charge in [-0.2, -0.15) is 0 Å². The van der Waals surface area contributed by atoms with Crippen molar-refractivity contribution in [2.24, 2.45) is 5.92 Å². The van der Waals surface area contributed by atoms with Gasteiger partial charge >= 0.3 is 5.97 Å². The molecule has 7 heteroatoms. The molecule has 0 aliphatic carbocycles. The number of hydrogen-bond acceptors (Lipinski definition) is 4. The highest BCUT2D eigenvalue weighted by atomic mass is 16.4. The normalized spacial score (nSPS) is 21.4. The zero-order chi connectivity index (χ0) is 20.8. The molecule has 1 aromatic heterocycles. The number of carbonyl (C=O) groups excluding carboxylic acids is 1. The van der Waals surface area contributed by atoms with E-state index in [1.165, 1.54) is 12.1 Å². The molecule has 0 radical (unpaired) electrons. The topological polar surface area (TPSA) is 104 Å². The summed E-state index contributed by atoms with van der Waals surface area (Å²) < 4.78 is 1.99. The Labute approximate surface area is 168 Å². The maximum Gasteiger partial charge on any atom is 0.351 e. The van der Waals surface area contributed by atoms with Gasteiger partial charge in [-0.05, 0) is 30.5 Å². The lowest BCUT2D eigenvalue weighted by atomic mass is 9.83. The van der Waals surface area contributed by atoms with Gasteiger partial charge in [0, 0.05) is 35.7 Å². The smallest absolute Gasteiger partial charge is 0.351 e. The van der Waals surface area contributed by atoms with E-state index in [4.69, 9.17) is 19.8 Å². The second-order valence-electron chi connectivity index (χ2n) is 7.29. The number of benzene rings is 1. The van der Waals surface area contributed by atoms with Gasteiger partial charge < -0.3 is 24.5 Å². The van der Waals surface area contributed by atoms with Crippen molar-refractivity contribution in [3.05, 3.63) is 70.1 Å². The van der Waals surface area contributed by atoms with Crippen molar-refractivity contribution in [2.75, 3.05) is 19.6 Å². The first-order valence-corrected chi connectivity index (χ1v) is 9.45. The van der Waals surface area contributed by atoms with Crippen LogP contribution >= 0.6 is 0 Å². The van der Waals surface area contributed by atoms with Gasteiger partial charge in [0.05, 0.1) is 13.1 Å². The number of nitrogens with zero attached hydrogens (tertiary/aromatic N) is 1. The van der Waals surface area contributed by atoms with Gasteiger partial charge in [-0.3, -0.25) is 4.79 Å². The minimum Gasteiger partial charge on any atom is -0.539 e. The van der Waals surface area contributed by atoms with E-state index >= 15 is 0 Å². The van der Waals surface area contributed by atoms with Crippen molar-refractivity contribution in [3.63, 3.8) is 0 Å². The Balaban J connectivity index is 0.000000353. The Bertz CT molecular complexity index is 991. The number of quaternary nitrogens is 1. The number of carboxylic acids is 2. The minimum absolute atomic E-state index is 0.157. The van der Waals surface area contributed by atoms with Crippen molar-refractivity contribution >= 4 is 11.9 Å². The quantitative estimate of drug-likeness (QED) is 0.463. The summed E-state index contributed by atoms with van der Waals surface area (Å²) in [7, 11) is 0. The maximum atomic E-state index is 12.0. The molecule has 150 valence electrons. The lowest BCUT2D eigenvalue weighted by Crippen LogP contribution is -3.14. The highest BCUT2D eigenvalue weighted by molar-refractivity contribution is 6.26. The Morgan fingerprint density at radius 2 is 1.86 bits per heavy atom. The average molecular weight is 394 g/mol. The Kier molecular flexibility index (Phi) is 6.47. The van der Waals surface area contributed by atoms with E-state index in [-0.39, 0.29) is 5.56 Å². The lowest BCUT2D eigenvalue weighted by Gasteiger charge is -2.39. The highest BCUT2D eigenvalue weighted by Gasteiger charge is 2.36. The first kappa shape index (κ1) is 20.4. The number of rotatable bonds is 1. The molecule has 2 aliphatic rings. The summed E-state index contributed by atoms with van der Waals surface area (Å²) in [5, 5.41) is 16.3. The van der Waals surface area contributed by atoms with Crippen LogP contribution < -0.4 is 15.6 Å². The van der Waals surface area contributed by atoms with Crippen LogP contribution in [-0.4, -0.2) is 41.2 Å². The van der Waals surface area contributed by atoms with Gasteiger partial charge in [0.25, 0.3) is 5.56 Å². The molecule has 29 heavy (non-hydrogen) atoms. The molecule has 2 aromatic rings. The molecule has 2 aliphatic heterocycles. The Morgan fingerprint density at radius 1 is 1.14 bits per heavy atom. The number of fused-ring (bicyclic) bond motifs is 4. The number of piperidine rings is 1. The van der Waals surface area contributed by atoms with E-state index in [0.717, 1.165) is 31.7 Å². The van der Waals surface area contributed by atoms with Crippen LogP contribution in [0.1, 0.15) is 23.6 Å². The monoisotopic (exact) mass is 394 g/mol. The van der Waals surface area contributed by atoms with E-state index in [1.807, 2.05) is 28.8 Å². The highest BCUT2D eigenvalue weighted by Crippen LogP contribution is 2.29. The van der Waals surface area contributed by atoms with Crippen LogP contribution in [0.4, 0.5) is 0 Å².